The lowest BCUT2D eigenvalue weighted by Gasteiger charge is -2.03. The fourth-order valence-electron chi connectivity index (χ4n) is 3.42. The third-order valence-corrected chi connectivity index (χ3v) is 5.13. The molecule has 1 aromatic heterocycles. The highest BCUT2D eigenvalue weighted by Crippen LogP contribution is 2.13. The van der Waals surface area contributed by atoms with Crippen molar-refractivity contribution in [2.75, 3.05) is 0 Å². The van der Waals surface area contributed by atoms with Gasteiger partial charge < -0.3 is 0 Å². The molecule has 1 rings (SSSR count). The van der Waals surface area contributed by atoms with E-state index in [2.05, 4.69) is 6.92 Å². The minimum Gasteiger partial charge on any atom is -0.245 e. The largest absolute Gasteiger partial charge is 0.380 e. The number of aromatic nitrogens is 1. The lowest BCUT2D eigenvalue weighted by molar-refractivity contribution is -0.869. The molecule has 0 atom stereocenters. The van der Waals surface area contributed by atoms with Crippen molar-refractivity contribution in [3.8, 4) is 0 Å². The summed E-state index contributed by atoms with van der Waals surface area (Å²) in [7, 11) is 0. The van der Waals surface area contributed by atoms with Gasteiger partial charge in [-0.25, -0.2) is 4.79 Å². The molecule has 0 unspecified atom stereocenters. The van der Waals surface area contributed by atoms with Gasteiger partial charge in [-0.2, -0.15) is 4.84 Å². The second kappa shape index (κ2) is 18.0. The lowest BCUT2D eigenvalue weighted by atomic mass is 10.0. The first-order chi connectivity index (χ1) is 13.3. The summed E-state index contributed by atoms with van der Waals surface area (Å²) in [5.41, 5.74) is 0. The van der Waals surface area contributed by atoms with Crippen LogP contribution >= 0.6 is 0 Å². The summed E-state index contributed by atoms with van der Waals surface area (Å²) in [6.07, 6.45) is 25.5. The van der Waals surface area contributed by atoms with E-state index in [9.17, 15) is 4.79 Å². The standard InChI is InChI=1S/C24H42NO2/c1-2-3-4-5-6-7-8-9-10-11-12-13-14-15-16-18-21-24(26)27-25-22-19-17-20-23-25/h17,19-20,22-23H,2-16,18,21H2,1H3/q+1. The summed E-state index contributed by atoms with van der Waals surface area (Å²) >= 11 is 0. The summed E-state index contributed by atoms with van der Waals surface area (Å²) in [4.78, 5) is 16.9. The second-order valence-corrected chi connectivity index (χ2v) is 7.75. The third-order valence-electron chi connectivity index (χ3n) is 5.13. The number of carbonyl (C=O) groups is 1. The SMILES string of the molecule is CCCCCCCCCCCCCCCCCCC(=O)O[n+]1ccccc1. The van der Waals surface area contributed by atoms with Crippen LogP contribution in [0.5, 0.6) is 0 Å². The number of pyridine rings is 1. The lowest BCUT2D eigenvalue weighted by Crippen LogP contribution is -2.44. The van der Waals surface area contributed by atoms with Crippen molar-refractivity contribution in [2.24, 2.45) is 0 Å². The van der Waals surface area contributed by atoms with E-state index in [4.69, 9.17) is 4.84 Å². The van der Waals surface area contributed by atoms with Crippen LogP contribution in [-0.4, -0.2) is 5.97 Å². The van der Waals surface area contributed by atoms with Crippen LogP contribution < -0.4 is 9.57 Å². The molecule has 0 aliphatic rings. The Morgan fingerprint density at radius 3 is 1.48 bits per heavy atom. The molecular weight excluding hydrogens is 334 g/mol. The molecule has 3 nitrogen and oxygen atoms in total. The maximum atomic E-state index is 11.7. The van der Waals surface area contributed by atoms with E-state index in [0.717, 1.165) is 12.8 Å². The van der Waals surface area contributed by atoms with Gasteiger partial charge in [0.15, 0.2) is 0 Å². The first-order valence-corrected chi connectivity index (χ1v) is 11.5. The van der Waals surface area contributed by atoms with Crippen molar-refractivity contribution in [3.05, 3.63) is 30.6 Å². The zero-order valence-corrected chi connectivity index (χ0v) is 17.7. The molecule has 0 aliphatic carbocycles. The van der Waals surface area contributed by atoms with Gasteiger partial charge in [0.05, 0.1) is 6.42 Å². The number of carbonyl (C=O) groups excluding carboxylic acids is 1. The van der Waals surface area contributed by atoms with Gasteiger partial charge in [-0.05, 0) is 6.42 Å². The van der Waals surface area contributed by atoms with Gasteiger partial charge in [-0.3, -0.25) is 0 Å². The fraction of sp³-hybridized carbons (Fsp3) is 0.750. The Hall–Kier alpha value is -1.38. The van der Waals surface area contributed by atoms with E-state index in [1.807, 2.05) is 18.2 Å². The Labute approximate surface area is 167 Å². The molecule has 0 spiro atoms. The smallest absolute Gasteiger partial charge is 0.245 e. The van der Waals surface area contributed by atoms with E-state index >= 15 is 0 Å². The number of rotatable bonds is 18. The molecule has 27 heavy (non-hydrogen) atoms. The monoisotopic (exact) mass is 376 g/mol. The second-order valence-electron chi connectivity index (χ2n) is 7.75. The molecule has 0 fully saturated rings. The highest BCUT2D eigenvalue weighted by Gasteiger charge is 2.09. The van der Waals surface area contributed by atoms with Crippen molar-refractivity contribution in [1.29, 1.82) is 0 Å². The Kier molecular flexibility index (Phi) is 15.8. The topological polar surface area (TPSA) is 30.2 Å². The fourth-order valence-corrected chi connectivity index (χ4v) is 3.42. The van der Waals surface area contributed by atoms with Crippen LogP contribution in [-0.2, 0) is 4.79 Å². The maximum absolute atomic E-state index is 11.7. The quantitative estimate of drug-likeness (QED) is 0.214. The molecule has 154 valence electrons. The van der Waals surface area contributed by atoms with E-state index < -0.39 is 0 Å². The molecule has 3 heteroatoms. The van der Waals surface area contributed by atoms with Gasteiger partial charge in [0.1, 0.15) is 0 Å². The Morgan fingerprint density at radius 1 is 0.630 bits per heavy atom. The normalized spacial score (nSPS) is 10.9. The minimum absolute atomic E-state index is 0.142. The van der Waals surface area contributed by atoms with Crippen LogP contribution in [0.3, 0.4) is 0 Å². The Balaban J connectivity index is 1.76. The van der Waals surface area contributed by atoms with Crippen LogP contribution in [0.4, 0.5) is 0 Å². The van der Waals surface area contributed by atoms with E-state index in [0.29, 0.717) is 6.42 Å². The van der Waals surface area contributed by atoms with E-state index in [1.165, 1.54) is 94.6 Å². The molecular formula is C24H42NO2+. The average Bonchev–Trinajstić information content (AvgIpc) is 2.68. The summed E-state index contributed by atoms with van der Waals surface area (Å²) in [5.74, 6) is -0.142. The van der Waals surface area contributed by atoms with Crippen LogP contribution in [0.15, 0.2) is 30.6 Å². The molecule has 0 N–H and O–H groups in total. The Morgan fingerprint density at radius 2 is 1.04 bits per heavy atom. The highest BCUT2D eigenvalue weighted by molar-refractivity contribution is 5.68. The summed E-state index contributed by atoms with van der Waals surface area (Å²) in [5, 5.41) is 0. The zero-order chi connectivity index (χ0) is 19.4. The average molecular weight is 377 g/mol. The van der Waals surface area contributed by atoms with E-state index in [1.54, 1.807) is 12.4 Å². The summed E-state index contributed by atoms with van der Waals surface area (Å²) < 4.78 is 1.47. The predicted molar refractivity (Wildman–Crippen MR) is 112 cm³/mol. The van der Waals surface area contributed by atoms with Crippen LogP contribution in [0.1, 0.15) is 116 Å². The number of hydrogen-bond acceptors (Lipinski definition) is 2. The molecule has 0 aromatic carbocycles. The Bertz CT molecular complexity index is 447. The van der Waals surface area contributed by atoms with Crippen molar-refractivity contribution in [1.82, 2.24) is 0 Å². The van der Waals surface area contributed by atoms with Gasteiger partial charge in [0.25, 0.3) is 0 Å². The summed E-state index contributed by atoms with van der Waals surface area (Å²) in [6, 6.07) is 5.60. The maximum Gasteiger partial charge on any atom is 0.380 e. The molecule has 0 aliphatic heterocycles. The van der Waals surface area contributed by atoms with Crippen LogP contribution in [0.2, 0.25) is 0 Å². The van der Waals surface area contributed by atoms with Gasteiger partial charge >= 0.3 is 5.97 Å². The highest BCUT2D eigenvalue weighted by atomic mass is 16.7. The van der Waals surface area contributed by atoms with Crippen LogP contribution in [0, 0.1) is 0 Å². The van der Waals surface area contributed by atoms with Crippen molar-refractivity contribution < 1.29 is 14.4 Å². The van der Waals surface area contributed by atoms with Gasteiger partial charge in [-0.15, -0.1) is 0 Å². The molecule has 0 bridgehead atoms. The van der Waals surface area contributed by atoms with Crippen molar-refractivity contribution in [3.63, 3.8) is 0 Å². The summed E-state index contributed by atoms with van der Waals surface area (Å²) in [6.45, 7) is 2.28. The minimum atomic E-state index is -0.142. The van der Waals surface area contributed by atoms with Gasteiger partial charge in [0.2, 0.25) is 12.4 Å². The molecule has 0 amide bonds. The van der Waals surface area contributed by atoms with Crippen LogP contribution in [0.25, 0.3) is 0 Å². The molecule has 1 heterocycles. The zero-order valence-electron chi connectivity index (χ0n) is 17.7. The van der Waals surface area contributed by atoms with Crippen molar-refractivity contribution >= 4 is 5.97 Å². The third kappa shape index (κ3) is 15.4. The van der Waals surface area contributed by atoms with Gasteiger partial charge in [0, 0.05) is 16.9 Å². The van der Waals surface area contributed by atoms with Gasteiger partial charge in [-0.1, -0.05) is 109 Å². The predicted octanol–water partition coefficient (Wildman–Crippen LogP) is 6.58. The first-order valence-electron chi connectivity index (χ1n) is 11.5. The molecule has 1 aromatic rings. The van der Waals surface area contributed by atoms with Crippen molar-refractivity contribution in [2.45, 2.75) is 116 Å². The first kappa shape index (κ1) is 23.7. The van der Waals surface area contributed by atoms with E-state index in [-0.39, 0.29) is 5.97 Å². The molecule has 0 saturated carbocycles. The molecule has 0 saturated heterocycles. The number of nitrogens with zero attached hydrogens (tertiary/aromatic N) is 1. The number of unbranched alkanes of at least 4 members (excludes halogenated alkanes) is 15. The molecule has 0 radical (unpaired) electrons. The number of hydrogen-bond donors (Lipinski definition) is 0.